The molecule has 3 atom stereocenters. The van der Waals surface area contributed by atoms with Gasteiger partial charge in [0.2, 0.25) is 0 Å². The summed E-state index contributed by atoms with van der Waals surface area (Å²) in [6.07, 6.45) is 7.96. The van der Waals surface area contributed by atoms with Crippen LogP contribution in [0, 0.1) is 17.8 Å². The molecule has 0 saturated heterocycles. The van der Waals surface area contributed by atoms with Crippen LogP contribution in [-0.4, -0.2) is 24.6 Å². The molecule has 0 spiro atoms. The van der Waals surface area contributed by atoms with Crippen molar-refractivity contribution in [2.75, 3.05) is 18.5 Å². The van der Waals surface area contributed by atoms with Crippen molar-refractivity contribution in [1.29, 1.82) is 0 Å². The van der Waals surface area contributed by atoms with Gasteiger partial charge < -0.3 is 10.2 Å². The van der Waals surface area contributed by atoms with E-state index in [1.807, 2.05) is 17.5 Å². The molecule has 2 saturated carbocycles. The van der Waals surface area contributed by atoms with E-state index in [1.165, 1.54) is 42.2 Å². The lowest BCUT2D eigenvalue weighted by molar-refractivity contribution is 0.337. The molecule has 1 N–H and O–H groups in total. The fraction of sp³-hybridized carbons (Fsp3) is 0.812. The zero-order valence-electron chi connectivity index (χ0n) is 12.9. The van der Waals surface area contributed by atoms with Gasteiger partial charge in [0.15, 0.2) is 5.13 Å². The molecule has 112 valence electrons. The third kappa shape index (κ3) is 3.17. The molecule has 1 heterocycles. The highest BCUT2D eigenvalue weighted by Crippen LogP contribution is 2.48. The minimum atomic E-state index is 0.535. The van der Waals surface area contributed by atoms with Crippen LogP contribution >= 0.6 is 11.3 Å². The van der Waals surface area contributed by atoms with Crippen molar-refractivity contribution >= 4 is 16.5 Å². The Kier molecular flexibility index (Phi) is 4.32. The number of hydrogen-bond acceptors (Lipinski definition) is 4. The highest BCUT2D eigenvalue weighted by atomic mass is 32.1. The van der Waals surface area contributed by atoms with Crippen LogP contribution in [0.3, 0.4) is 0 Å². The van der Waals surface area contributed by atoms with E-state index in [9.17, 15) is 0 Å². The maximum atomic E-state index is 4.60. The Hall–Kier alpha value is -0.610. The third-order valence-corrected chi connectivity index (χ3v) is 6.06. The van der Waals surface area contributed by atoms with Crippen molar-refractivity contribution in [1.82, 2.24) is 10.3 Å². The molecule has 0 aromatic carbocycles. The van der Waals surface area contributed by atoms with Gasteiger partial charge in [0, 0.05) is 37.3 Å². The maximum Gasteiger partial charge on any atom is 0.185 e. The first-order valence-corrected chi connectivity index (χ1v) is 8.82. The van der Waals surface area contributed by atoms with Crippen molar-refractivity contribution in [3.63, 3.8) is 0 Å². The Morgan fingerprint density at radius 1 is 1.40 bits per heavy atom. The normalized spacial score (nSPS) is 28.5. The highest BCUT2D eigenvalue weighted by molar-refractivity contribution is 7.15. The van der Waals surface area contributed by atoms with E-state index < -0.39 is 0 Å². The van der Waals surface area contributed by atoms with Gasteiger partial charge in [-0.2, -0.15) is 0 Å². The second kappa shape index (κ2) is 6.02. The summed E-state index contributed by atoms with van der Waals surface area (Å²) in [4.78, 5) is 8.33. The van der Waals surface area contributed by atoms with Crippen molar-refractivity contribution < 1.29 is 0 Å². The lowest BCUT2D eigenvalue weighted by Gasteiger charge is -2.26. The average molecular weight is 293 g/mol. The van der Waals surface area contributed by atoms with Gasteiger partial charge in [0.1, 0.15) is 0 Å². The summed E-state index contributed by atoms with van der Waals surface area (Å²) in [7, 11) is 2.21. The molecule has 3 nitrogen and oxygen atoms in total. The van der Waals surface area contributed by atoms with Gasteiger partial charge in [-0.25, -0.2) is 4.98 Å². The Labute approximate surface area is 126 Å². The van der Waals surface area contributed by atoms with Crippen LogP contribution < -0.4 is 10.2 Å². The first-order valence-electron chi connectivity index (χ1n) is 8.01. The van der Waals surface area contributed by atoms with E-state index in [0.29, 0.717) is 6.04 Å². The van der Waals surface area contributed by atoms with Crippen LogP contribution in [0.4, 0.5) is 5.13 Å². The fourth-order valence-electron chi connectivity index (χ4n) is 3.89. The number of rotatable bonds is 6. The molecule has 2 fully saturated rings. The van der Waals surface area contributed by atoms with Crippen molar-refractivity contribution in [3.05, 3.63) is 11.1 Å². The van der Waals surface area contributed by atoms with Crippen LogP contribution in [0.2, 0.25) is 0 Å². The number of nitrogens with one attached hydrogen (secondary N) is 1. The molecule has 0 radical (unpaired) electrons. The van der Waals surface area contributed by atoms with E-state index in [2.05, 4.69) is 36.1 Å². The summed E-state index contributed by atoms with van der Waals surface area (Å²) in [5.41, 5.74) is 0. The minimum Gasteiger partial charge on any atom is -0.351 e. The maximum absolute atomic E-state index is 4.60. The van der Waals surface area contributed by atoms with Gasteiger partial charge in [-0.1, -0.05) is 20.3 Å². The summed E-state index contributed by atoms with van der Waals surface area (Å²) in [5, 5.41) is 4.65. The monoisotopic (exact) mass is 293 g/mol. The van der Waals surface area contributed by atoms with Gasteiger partial charge in [0.05, 0.1) is 0 Å². The predicted molar refractivity (Wildman–Crippen MR) is 86.3 cm³/mol. The molecule has 2 bridgehead atoms. The third-order valence-electron chi connectivity index (χ3n) is 4.95. The topological polar surface area (TPSA) is 28.2 Å². The van der Waals surface area contributed by atoms with E-state index in [-0.39, 0.29) is 0 Å². The molecule has 1 aromatic rings. The fourth-order valence-corrected chi connectivity index (χ4v) is 4.72. The molecule has 2 aliphatic carbocycles. The molecule has 20 heavy (non-hydrogen) atoms. The van der Waals surface area contributed by atoms with E-state index in [1.54, 1.807) is 0 Å². The smallest absolute Gasteiger partial charge is 0.185 e. The molecule has 4 heteroatoms. The van der Waals surface area contributed by atoms with Gasteiger partial charge in [0.25, 0.3) is 0 Å². The zero-order valence-corrected chi connectivity index (χ0v) is 13.7. The van der Waals surface area contributed by atoms with Crippen molar-refractivity contribution in [3.8, 4) is 0 Å². The van der Waals surface area contributed by atoms with Crippen molar-refractivity contribution in [2.24, 2.45) is 17.8 Å². The zero-order chi connectivity index (χ0) is 14.1. The molecule has 0 amide bonds. The van der Waals surface area contributed by atoms with Crippen LogP contribution in [0.25, 0.3) is 0 Å². The van der Waals surface area contributed by atoms with Gasteiger partial charge in [-0.05, 0) is 37.0 Å². The highest BCUT2D eigenvalue weighted by Gasteiger charge is 2.39. The first kappa shape index (κ1) is 14.3. The quantitative estimate of drug-likeness (QED) is 0.870. The SMILES string of the molecule is CC(C)NCc1cnc(N(C)CC2CC3CCC2C3)s1. The molecule has 3 rings (SSSR count). The second-order valence-corrected chi connectivity index (χ2v) is 8.05. The lowest BCUT2D eigenvalue weighted by atomic mass is 9.88. The van der Waals surface area contributed by atoms with Crippen molar-refractivity contribution in [2.45, 2.75) is 52.1 Å². The van der Waals surface area contributed by atoms with Gasteiger partial charge in [-0.15, -0.1) is 11.3 Å². The standard InChI is InChI=1S/C16H27N3S/c1-11(2)17-8-15-9-18-16(20-15)19(3)10-14-7-12-4-5-13(14)6-12/h9,11-14,17H,4-8,10H2,1-3H3. The second-order valence-electron chi connectivity index (χ2n) is 6.96. The van der Waals surface area contributed by atoms with Crippen LogP contribution in [0.5, 0.6) is 0 Å². The Morgan fingerprint density at radius 2 is 2.25 bits per heavy atom. The average Bonchev–Trinajstić information content (AvgIpc) is 3.12. The van der Waals surface area contributed by atoms with Crippen LogP contribution in [0.1, 0.15) is 44.4 Å². The van der Waals surface area contributed by atoms with Crippen LogP contribution in [-0.2, 0) is 6.54 Å². The largest absolute Gasteiger partial charge is 0.351 e. The summed E-state index contributed by atoms with van der Waals surface area (Å²) in [5.74, 6) is 2.96. The molecule has 3 unspecified atom stereocenters. The summed E-state index contributed by atoms with van der Waals surface area (Å²) >= 11 is 1.84. The Morgan fingerprint density at radius 3 is 2.90 bits per heavy atom. The minimum absolute atomic E-state index is 0.535. The molecule has 1 aromatic heterocycles. The van der Waals surface area contributed by atoms with E-state index in [0.717, 1.165) is 24.3 Å². The lowest BCUT2D eigenvalue weighted by Crippen LogP contribution is -2.28. The molecular weight excluding hydrogens is 266 g/mol. The number of nitrogens with zero attached hydrogens (tertiary/aromatic N) is 2. The number of anilines is 1. The van der Waals surface area contributed by atoms with Crippen LogP contribution in [0.15, 0.2) is 6.20 Å². The van der Waals surface area contributed by atoms with Gasteiger partial charge >= 0.3 is 0 Å². The number of fused-ring (bicyclic) bond motifs is 2. The first-order chi connectivity index (χ1) is 9.61. The molecule has 0 aliphatic heterocycles. The number of aromatic nitrogens is 1. The Bertz CT molecular complexity index is 443. The summed E-state index contributed by atoms with van der Waals surface area (Å²) in [6.45, 7) is 6.51. The number of thiazole rings is 1. The summed E-state index contributed by atoms with van der Waals surface area (Å²) in [6, 6.07) is 0.535. The summed E-state index contributed by atoms with van der Waals surface area (Å²) < 4.78 is 0. The molecule has 2 aliphatic rings. The number of hydrogen-bond donors (Lipinski definition) is 1. The Balaban J connectivity index is 1.53. The van der Waals surface area contributed by atoms with E-state index >= 15 is 0 Å². The van der Waals surface area contributed by atoms with E-state index in [4.69, 9.17) is 0 Å². The molecular formula is C16H27N3S. The predicted octanol–water partition coefficient (Wildman–Crippen LogP) is 3.51. The van der Waals surface area contributed by atoms with Gasteiger partial charge in [-0.3, -0.25) is 0 Å².